The van der Waals surface area contributed by atoms with Gasteiger partial charge in [0.1, 0.15) is 0 Å². The summed E-state index contributed by atoms with van der Waals surface area (Å²) in [5, 5.41) is 17.9. The second kappa shape index (κ2) is 4.61. The average Bonchev–Trinajstić information content (AvgIpc) is 2.75. The van der Waals surface area contributed by atoms with Crippen LogP contribution in [0, 0.1) is 0 Å². The Kier molecular flexibility index (Phi) is 3.17. The molecule has 2 aliphatic rings. The van der Waals surface area contributed by atoms with Crippen molar-refractivity contribution < 1.29 is 19.8 Å². The standard InChI is InChI=1S/C12H15NO4/c14-11(15)10-6-9(7-13(10)12(16)17)8-4-2-1-3-5-8/h4,6,10H,1-3,5,7H2,(H,14,15)(H,16,17)/t10-/m0/s1. The number of rotatable bonds is 2. The summed E-state index contributed by atoms with van der Waals surface area (Å²) in [4.78, 5) is 22.9. The minimum atomic E-state index is -1.18. The SMILES string of the molecule is O=C(O)[C@@H]1C=C(C2=CCCCC2)CN1C(=O)O. The number of carboxylic acid groups (broad SMARTS) is 2. The van der Waals surface area contributed by atoms with Gasteiger partial charge in [-0.3, -0.25) is 4.90 Å². The highest BCUT2D eigenvalue weighted by Gasteiger charge is 2.34. The third kappa shape index (κ3) is 2.33. The van der Waals surface area contributed by atoms with E-state index in [4.69, 9.17) is 10.2 Å². The minimum Gasteiger partial charge on any atom is -0.479 e. The van der Waals surface area contributed by atoms with Gasteiger partial charge >= 0.3 is 12.1 Å². The van der Waals surface area contributed by atoms with E-state index >= 15 is 0 Å². The van der Waals surface area contributed by atoms with Crippen LogP contribution in [0.5, 0.6) is 0 Å². The number of hydrogen-bond donors (Lipinski definition) is 2. The summed E-state index contributed by atoms with van der Waals surface area (Å²) in [7, 11) is 0. The molecule has 1 atom stereocenters. The minimum absolute atomic E-state index is 0.193. The summed E-state index contributed by atoms with van der Waals surface area (Å²) in [5.41, 5.74) is 1.98. The van der Waals surface area contributed by atoms with Gasteiger partial charge in [-0.2, -0.15) is 0 Å². The van der Waals surface area contributed by atoms with Crippen molar-refractivity contribution in [2.75, 3.05) is 6.54 Å². The van der Waals surface area contributed by atoms with Gasteiger partial charge in [0.05, 0.1) is 6.54 Å². The molecule has 0 radical (unpaired) electrons. The summed E-state index contributed by atoms with van der Waals surface area (Å²) >= 11 is 0. The molecule has 0 unspecified atom stereocenters. The lowest BCUT2D eigenvalue weighted by Gasteiger charge is -2.18. The summed E-state index contributed by atoms with van der Waals surface area (Å²) in [6, 6.07) is -1.04. The Morgan fingerprint density at radius 3 is 2.47 bits per heavy atom. The molecule has 92 valence electrons. The molecular formula is C12H15NO4. The van der Waals surface area contributed by atoms with Crippen molar-refractivity contribution in [3.8, 4) is 0 Å². The van der Waals surface area contributed by atoms with Gasteiger partial charge in [-0.05, 0) is 42.9 Å². The first kappa shape index (κ1) is 11.7. The first-order valence-electron chi connectivity index (χ1n) is 5.72. The Bertz CT molecular complexity index is 411. The second-order valence-electron chi connectivity index (χ2n) is 4.36. The Morgan fingerprint density at radius 2 is 2.00 bits per heavy atom. The molecule has 1 amide bonds. The zero-order valence-corrected chi connectivity index (χ0v) is 9.43. The number of carbonyl (C=O) groups is 2. The van der Waals surface area contributed by atoms with Crippen LogP contribution < -0.4 is 0 Å². The predicted octanol–water partition coefficient (Wildman–Crippen LogP) is 1.86. The van der Waals surface area contributed by atoms with Crippen LogP contribution in [-0.4, -0.2) is 39.8 Å². The van der Waals surface area contributed by atoms with Gasteiger partial charge in [0.25, 0.3) is 0 Å². The Balaban J connectivity index is 2.20. The maximum Gasteiger partial charge on any atom is 0.408 e. The third-order valence-corrected chi connectivity index (χ3v) is 3.24. The molecule has 2 N–H and O–H groups in total. The van der Waals surface area contributed by atoms with E-state index in [1.165, 1.54) is 0 Å². The van der Waals surface area contributed by atoms with Crippen molar-refractivity contribution in [3.63, 3.8) is 0 Å². The first-order chi connectivity index (χ1) is 8.09. The summed E-state index contributed by atoms with van der Waals surface area (Å²) < 4.78 is 0. The molecule has 1 aliphatic carbocycles. The van der Waals surface area contributed by atoms with Crippen LogP contribution in [0.15, 0.2) is 23.3 Å². The zero-order chi connectivity index (χ0) is 12.4. The van der Waals surface area contributed by atoms with Crippen LogP contribution in [-0.2, 0) is 4.79 Å². The molecule has 1 heterocycles. The van der Waals surface area contributed by atoms with Crippen molar-refractivity contribution in [1.29, 1.82) is 0 Å². The lowest BCUT2D eigenvalue weighted by Crippen LogP contribution is -2.40. The molecule has 0 saturated heterocycles. The van der Waals surface area contributed by atoms with Gasteiger partial charge in [-0.25, -0.2) is 9.59 Å². The van der Waals surface area contributed by atoms with Crippen molar-refractivity contribution in [2.45, 2.75) is 31.7 Å². The number of carboxylic acids is 1. The van der Waals surface area contributed by atoms with E-state index in [0.29, 0.717) is 0 Å². The second-order valence-corrected chi connectivity index (χ2v) is 4.36. The van der Waals surface area contributed by atoms with E-state index in [-0.39, 0.29) is 6.54 Å². The van der Waals surface area contributed by atoms with E-state index in [0.717, 1.165) is 41.7 Å². The summed E-state index contributed by atoms with van der Waals surface area (Å²) in [6.07, 6.45) is 6.64. The molecule has 0 fully saturated rings. The lowest BCUT2D eigenvalue weighted by molar-refractivity contribution is -0.140. The maximum atomic E-state index is 11.0. The molecule has 0 aromatic carbocycles. The Morgan fingerprint density at radius 1 is 1.24 bits per heavy atom. The third-order valence-electron chi connectivity index (χ3n) is 3.24. The number of hydrogen-bond acceptors (Lipinski definition) is 2. The van der Waals surface area contributed by atoms with E-state index in [2.05, 4.69) is 6.08 Å². The smallest absolute Gasteiger partial charge is 0.408 e. The molecule has 17 heavy (non-hydrogen) atoms. The van der Waals surface area contributed by atoms with Crippen molar-refractivity contribution in [3.05, 3.63) is 23.3 Å². The number of allylic oxidation sites excluding steroid dienone is 1. The van der Waals surface area contributed by atoms with Crippen LogP contribution in [0.2, 0.25) is 0 Å². The van der Waals surface area contributed by atoms with Gasteiger partial charge in [0.15, 0.2) is 6.04 Å². The molecule has 0 bridgehead atoms. The van der Waals surface area contributed by atoms with E-state index in [9.17, 15) is 9.59 Å². The fourth-order valence-corrected chi connectivity index (χ4v) is 2.34. The highest BCUT2D eigenvalue weighted by Crippen LogP contribution is 2.29. The van der Waals surface area contributed by atoms with Crippen molar-refractivity contribution >= 4 is 12.1 Å². The van der Waals surface area contributed by atoms with Gasteiger partial charge in [0.2, 0.25) is 0 Å². The molecule has 2 rings (SSSR count). The molecular weight excluding hydrogens is 222 g/mol. The summed E-state index contributed by atoms with van der Waals surface area (Å²) in [5.74, 6) is -1.11. The molecule has 1 aliphatic heterocycles. The zero-order valence-electron chi connectivity index (χ0n) is 9.43. The van der Waals surface area contributed by atoms with E-state index in [1.807, 2.05) is 0 Å². The Hall–Kier alpha value is -1.78. The van der Waals surface area contributed by atoms with Gasteiger partial charge in [0, 0.05) is 0 Å². The molecule has 0 saturated carbocycles. The first-order valence-corrected chi connectivity index (χ1v) is 5.72. The number of amides is 1. The molecule has 0 spiro atoms. The van der Waals surface area contributed by atoms with Crippen molar-refractivity contribution in [2.24, 2.45) is 0 Å². The fourth-order valence-electron chi connectivity index (χ4n) is 2.34. The quantitative estimate of drug-likeness (QED) is 0.768. The van der Waals surface area contributed by atoms with Crippen LogP contribution in [0.1, 0.15) is 25.7 Å². The van der Waals surface area contributed by atoms with Crippen LogP contribution in [0.25, 0.3) is 0 Å². The topological polar surface area (TPSA) is 77.8 Å². The average molecular weight is 237 g/mol. The summed E-state index contributed by atoms with van der Waals surface area (Å²) in [6.45, 7) is 0.193. The van der Waals surface area contributed by atoms with Crippen LogP contribution >= 0.6 is 0 Å². The highest BCUT2D eigenvalue weighted by atomic mass is 16.4. The molecule has 5 nitrogen and oxygen atoms in total. The normalized spacial score (nSPS) is 24.2. The highest BCUT2D eigenvalue weighted by molar-refractivity contribution is 5.83. The molecule has 0 aromatic rings. The Labute approximate surface area is 99.0 Å². The maximum absolute atomic E-state index is 11.0. The van der Waals surface area contributed by atoms with Gasteiger partial charge in [-0.1, -0.05) is 6.08 Å². The molecule has 0 aromatic heterocycles. The van der Waals surface area contributed by atoms with E-state index in [1.54, 1.807) is 6.08 Å². The fraction of sp³-hybridized carbons (Fsp3) is 0.500. The van der Waals surface area contributed by atoms with Gasteiger partial charge in [-0.15, -0.1) is 0 Å². The monoisotopic (exact) mass is 237 g/mol. The van der Waals surface area contributed by atoms with Gasteiger partial charge < -0.3 is 10.2 Å². The number of nitrogens with zero attached hydrogens (tertiary/aromatic N) is 1. The van der Waals surface area contributed by atoms with E-state index < -0.39 is 18.1 Å². The van der Waals surface area contributed by atoms with Crippen molar-refractivity contribution in [1.82, 2.24) is 4.90 Å². The lowest BCUT2D eigenvalue weighted by atomic mass is 9.94. The van der Waals surface area contributed by atoms with Crippen LogP contribution in [0.3, 0.4) is 0 Å². The predicted molar refractivity (Wildman–Crippen MR) is 60.8 cm³/mol. The molecule has 5 heteroatoms. The number of aliphatic carboxylic acids is 1. The largest absolute Gasteiger partial charge is 0.479 e. The van der Waals surface area contributed by atoms with Crippen LogP contribution in [0.4, 0.5) is 4.79 Å².